The highest BCUT2D eigenvalue weighted by Crippen LogP contribution is 2.40. The number of carbonyl (C=O) groups is 1. The normalized spacial score (nSPS) is 15.1. The van der Waals surface area contributed by atoms with Crippen LogP contribution in [0.15, 0.2) is 60.7 Å². The maximum absolute atomic E-state index is 12.1. The fourth-order valence-electron chi connectivity index (χ4n) is 2.72. The summed E-state index contributed by atoms with van der Waals surface area (Å²) in [7, 11) is 0. The molecule has 0 radical (unpaired) electrons. The summed E-state index contributed by atoms with van der Waals surface area (Å²) in [5.74, 6) is 0.585. The van der Waals surface area contributed by atoms with Crippen LogP contribution in [-0.4, -0.2) is 12.6 Å². The van der Waals surface area contributed by atoms with Crippen molar-refractivity contribution in [3.8, 4) is 0 Å². The number of nitrogens with one attached hydrogen (secondary N) is 2. The van der Waals surface area contributed by atoms with Crippen LogP contribution in [0.2, 0.25) is 0 Å². The van der Waals surface area contributed by atoms with Gasteiger partial charge in [0.05, 0.1) is 6.04 Å². The first-order valence-corrected chi connectivity index (χ1v) is 7.96. The van der Waals surface area contributed by atoms with Gasteiger partial charge in [-0.1, -0.05) is 60.7 Å². The Labute approximate surface area is 131 Å². The Hall–Kier alpha value is -2.29. The molecule has 3 heteroatoms. The maximum Gasteiger partial charge on any atom is 0.315 e. The summed E-state index contributed by atoms with van der Waals surface area (Å²) in [6.07, 6.45) is 3.25. The number of rotatable bonds is 6. The van der Waals surface area contributed by atoms with Gasteiger partial charge in [-0.25, -0.2) is 4.79 Å². The molecular formula is C19H22N2O. The van der Waals surface area contributed by atoms with Crippen LogP contribution in [0.25, 0.3) is 0 Å². The minimum Gasteiger partial charge on any atom is -0.338 e. The van der Waals surface area contributed by atoms with Gasteiger partial charge in [-0.2, -0.15) is 0 Å². The van der Waals surface area contributed by atoms with Crippen molar-refractivity contribution >= 4 is 6.03 Å². The molecule has 0 bridgehead atoms. The monoisotopic (exact) mass is 294 g/mol. The van der Waals surface area contributed by atoms with Crippen molar-refractivity contribution in [1.82, 2.24) is 10.6 Å². The first kappa shape index (κ1) is 14.6. The summed E-state index contributed by atoms with van der Waals surface area (Å²) >= 11 is 0. The molecule has 1 saturated carbocycles. The molecule has 0 saturated heterocycles. The number of urea groups is 1. The highest BCUT2D eigenvalue weighted by Gasteiger charge is 2.33. The highest BCUT2D eigenvalue weighted by atomic mass is 16.2. The third-order valence-electron chi connectivity index (χ3n) is 4.08. The lowest BCUT2D eigenvalue weighted by atomic mass is 10.0. The molecule has 0 aromatic heterocycles. The first-order valence-electron chi connectivity index (χ1n) is 7.96. The smallest absolute Gasteiger partial charge is 0.315 e. The van der Waals surface area contributed by atoms with Crippen molar-refractivity contribution in [2.45, 2.75) is 25.3 Å². The number of benzene rings is 2. The van der Waals surface area contributed by atoms with Gasteiger partial charge >= 0.3 is 6.03 Å². The van der Waals surface area contributed by atoms with Crippen LogP contribution < -0.4 is 10.6 Å². The van der Waals surface area contributed by atoms with Crippen molar-refractivity contribution in [3.63, 3.8) is 0 Å². The second kappa shape index (κ2) is 7.12. The Morgan fingerprint density at radius 1 is 1.00 bits per heavy atom. The second-order valence-electron chi connectivity index (χ2n) is 5.86. The van der Waals surface area contributed by atoms with Crippen LogP contribution in [0.5, 0.6) is 0 Å². The summed E-state index contributed by atoms with van der Waals surface area (Å²) in [6.45, 7) is 0.655. The predicted molar refractivity (Wildman–Crippen MR) is 88.6 cm³/mol. The van der Waals surface area contributed by atoms with Crippen molar-refractivity contribution in [2.75, 3.05) is 6.54 Å². The Morgan fingerprint density at radius 2 is 1.64 bits per heavy atom. The SMILES string of the molecule is O=C(NCCc1ccccc1)N[C@@H](c1ccccc1)C1CC1. The molecule has 0 aliphatic heterocycles. The van der Waals surface area contributed by atoms with Crippen LogP contribution in [0.3, 0.4) is 0 Å². The van der Waals surface area contributed by atoms with Crippen LogP contribution in [0.4, 0.5) is 4.79 Å². The molecule has 2 aromatic carbocycles. The molecule has 1 aliphatic carbocycles. The van der Waals surface area contributed by atoms with Gasteiger partial charge in [0.2, 0.25) is 0 Å². The molecule has 3 rings (SSSR count). The highest BCUT2D eigenvalue weighted by molar-refractivity contribution is 5.74. The fraction of sp³-hybridized carbons (Fsp3) is 0.316. The largest absolute Gasteiger partial charge is 0.338 e. The van der Waals surface area contributed by atoms with E-state index in [-0.39, 0.29) is 12.1 Å². The van der Waals surface area contributed by atoms with Gasteiger partial charge in [-0.15, -0.1) is 0 Å². The van der Waals surface area contributed by atoms with Crippen molar-refractivity contribution < 1.29 is 4.79 Å². The predicted octanol–water partition coefficient (Wildman–Crippen LogP) is 3.68. The molecule has 2 amide bonds. The number of amides is 2. The topological polar surface area (TPSA) is 41.1 Å². The minimum atomic E-state index is -0.0725. The molecule has 0 spiro atoms. The number of carbonyl (C=O) groups excluding carboxylic acids is 1. The molecule has 1 fully saturated rings. The number of hydrogen-bond donors (Lipinski definition) is 2. The summed E-state index contributed by atoms with van der Waals surface area (Å²) in [4.78, 5) is 12.1. The third kappa shape index (κ3) is 4.10. The Balaban J connectivity index is 1.49. The van der Waals surface area contributed by atoms with Crippen LogP contribution in [0, 0.1) is 5.92 Å². The first-order chi connectivity index (χ1) is 10.8. The van der Waals surface area contributed by atoms with Crippen LogP contribution >= 0.6 is 0 Å². The van der Waals surface area contributed by atoms with E-state index in [1.165, 1.54) is 24.0 Å². The lowest BCUT2D eigenvalue weighted by Crippen LogP contribution is -2.39. The molecule has 114 valence electrons. The fourth-order valence-corrected chi connectivity index (χ4v) is 2.72. The molecule has 1 atom stereocenters. The van der Waals surface area contributed by atoms with Gasteiger partial charge in [0.25, 0.3) is 0 Å². The van der Waals surface area contributed by atoms with Gasteiger partial charge in [-0.05, 0) is 36.3 Å². The maximum atomic E-state index is 12.1. The zero-order valence-corrected chi connectivity index (χ0v) is 12.7. The molecule has 0 unspecified atom stereocenters. The Bertz CT molecular complexity index is 593. The zero-order chi connectivity index (χ0) is 15.2. The lowest BCUT2D eigenvalue weighted by Gasteiger charge is -2.19. The standard InChI is InChI=1S/C19H22N2O/c22-19(20-14-13-15-7-3-1-4-8-15)21-18(17-11-12-17)16-9-5-2-6-10-16/h1-10,17-18H,11-14H2,(H2,20,21,22)/t18-/m0/s1. The van der Waals surface area contributed by atoms with E-state index < -0.39 is 0 Å². The summed E-state index contributed by atoms with van der Waals surface area (Å²) in [5.41, 5.74) is 2.44. The summed E-state index contributed by atoms with van der Waals surface area (Å²) < 4.78 is 0. The van der Waals surface area contributed by atoms with Gasteiger partial charge < -0.3 is 10.6 Å². The zero-order valence-electron chi connectivity index (χ0n) is 12.7. The second-order valence-corrected chi connectivity index (χ2v) is 5.86. The van der Waals surface area contributed by atoms with Gasteiger partial charge in [0, 0.05) is 6.54 Å². The number of hydrogen-bond acceptors (Lipinski definition) is 1. The van der Waals surface area contributed by atoms with Crippen molar-refractivity contribution in [3.05, 3.63) is 71.8 Å². The Morgan fingerprint density at radius 3 is 2.27 bits per heavy atom. The van der Waals surface area contributed by atoms with Crippen molar-refractivity contribution in [2.24, 2.45) is 5.92 Å². The van der Waals surface area contributed by atoms with E-state index in [4.69, 9.17) is 0 Å². The van der Waals surface area contributed by atoms with Crippen LogP contribution in [0.1, 0.15) is 30.0 Å². The quantitative estimate of drug-likeness (QED) is 0.838. The molecule has 2 aromatic rings. The molecule has 22 heavy (non-hydrogen) atoms. The van der Waals surface area contributed by atoms with Gasteiger partial charge in [-0.3, -0.25) is 0 Å². The summed E-state index contributed by atoms with van der Waals surface area (Å²) in [6, 6.07) is 20.5. The van der Waals surface area contributed by atoms with E-state index in [2.05, 4.69) is 34.9 Å². The Kier molecular flexibility index (Phi) is 4.74. The minimum absolute atomic E-state index is 0.0725. The van der Waals surface area contributed by atoms with E-state index in [0.29, 0.717) is 12.5 Å². The van der Waals surface area contributed by atoms with E-state index >= 15 is 0 Å². The molecular weight excluding hydrogens is 272 g/mol. The molecule has 2 N–H and O–H groups in total. The molecule has 0 heterocycles. The molecule has 3 nitrogen and oxygen atoms in total. The summed E-state index contributed by atoms with van der Waals surface area (Å²) in [5, 5.41) is 6.10. The average molecular weight is 294 g/mol. The van der Waals surface area contributed by atoms with E-state index in [9.17, 15) is 4.79 Å². The third-order valence-corrected chi connectivity index (χ3v) is 4.08. The van der Waals surface area contributed by atoms with Gasteiger partial charge in [0.1, 0.15) is 0 Å². The lowest BCUT2D eigenvalue weighted by molar-refractivity contribution is 0.235. The van der Waals surface area contributed by atoms with E-state index in [1.807, 2.05) is 36.4 Å². The van der Waals surface area contributed by atoms with E-state index in [0.717, 1.165) is 6.42 Å². The van der Waals surface area contributed by atoms with Crippen LogP contribution in [-0.2, 0) is 6.42 Å². The molecule has 1 aliphatic rings. The van der Waals surface area contributed by atoms with E-state index in [1.54, 1.807) is 0 Å². The van der Waals surface area contributed by atoms with Gasteiger partial charge in [0.15, 0.2) is 0 Å². The average Bonchev–Trinajstić information content (AvgIpc) is 3.39. The van der Waals surface area contributed by atoms with Crippen molar-refractivity contribution in [1.29, 1.82) is 0 Å².